The van der Waals surface area contributed by atoms with Crippen LogP contribution in [0.4, 0.5) is 0 Å². The summed E-state index contributed by atoms with van der Waals surface area (Å²) >= 11 is 0. The number of nitrogens with one attached hydrogen (secondary N) is 1. The van der Waals surface area contributed by atoms with Crippen molar-refractivity contribution in [2.45, 2.75) is 19.5 Å². The van der Waals surface area contributed by atoms with E-state index >= 15 is 0 Å². The van der Waals surface area contributed by atoms with Gasteiger partial charge in [-0.1, -0.05) is 12.1 Å². The molecule has 6 nitrogen and oxygen atoms in total. The van der Waals surface area contributed by atoms with Gasteiger partial charge in [0.2, 0.25) is 5.88 Å². The molecular formula is C15H17N3O3. The number of hydrogen-bond acceptors (Lipinski definition) is 4. The first-order valence-electron chi connectivity index (χ1n) is 6.87. The zero-order valence-electron chi connectivity index (χ0n) is 11.8. The van der Waals surface area contributed by atoms with Crippen LogP contribution in [0.5, 0.6) is 11.6 Å². The molecule has 0 radical (unpaired) electrons. The third kappa shape index (κ3) is 2.84. The minimum absolute atomic E-state index is 0.180. The van der Waals surface area contributed by atoms with Gasteiger partial charge in [-0.3, -0.25) is 4.79 Å². The molecule has 1 aliphatic heterocycles. The molecule has 2 aromatic rings. The van der Waals surface area contributed by atoms with Crippen LogP contribution in [0.2, 0.25) is 0 Å². The van der Waals surface area contributed by atoms with Gasteiger partial charge in [0.25, 0.3) is 5.91 Å². The highest BCUT2D eigenvalue weighted by Crippen LogP contribution is 2.22. The fourth-order valence-electron chi connectivity index (χ4n) is 2.28. The van der Waals surface area contributed by atoms with Crippen LogP contribution >= 0.6 is 0 Å². The summed E-state index contributed by atoms with van der Waals surface area (Å²) in [5.41, 5.74) is 1.46. The van der Waals surface area contributed by atoms with E-state index < -0.39 is 0 Å². The summed E-state index contributed by atoms with van der Waals surface area (Å²) in [6.45, 7) is 1.85. The van der Waals surface area contributed by atoms with E-state index in [4.69, 9.17) is 9.47 Å². The molecule has 0 spiro atoms. The largest absolute Gasteiger partial charge is 0.497 e. The van der Waals surface area contributed by atoms with E-state index in [2.05, 4.69) is 10.4 Å². The number of hydrogen-bond donors (Lipinski definition) is 1. The third-order valence-corrected chi connectivity index (χ3v) is 3.38. The summed E-state index contributed by atoms with van der Waals surface area (Å²) in [7, 11) is 1.62. The molecule has 0 bridgehead atoms. The van der Waals surface area contributed by atoms with Crippen LogP contribution in [0, 0.1) is 0 Å². The maximum absolute atomic E-state index is 12.2. The molecule has 1 N–H and O–H groups in total. The second kappa shape index (κ2) is 5.87. The SMILES string of the molecule is COc1cccc(CNC(=O)c2cnn3c2OCCC3)c1. The lowest BCUT2D eigenvalue weighted by Crippen LogP contribution is -2.24. The van der Waals surface area contributed by atoms with Crippen molar-refractivity contribution in [3.8, 4) is 11.6 Å². The number of rotatable bonds is 4. The smallest absolute Gasteiger partial charge is 0.258 e. The lowest BCUT2D eigenvalue weighted by atomic mass is 10.2. The summed E-state index contributed by atoms with van der Waals surface area (Å²) in [5.74, 6) is 1.15. The highest BCUT2D eigenvalue weighted by molar-refractivity contribution is 5.96. The van der Waals surface area contributed by atoms with Crippen LogP contribution in [0.25, 0.3) is 0 Å². The number of carbonyl (C=O) groups excluding carboxylic acids is 1. The van der Waals surface area contributed by atoms with Crippen LogP contribution in [0.15, 0.2) is 30.5 Å². The van der Waals surface area contributed by atoms with Gasteiger partial charge < -0.3 is 14.8 Å². The number of methoxy groups -OCH3 is 1. The number of amides is 1. The van der Waals surface area contributed by atoms with Crippen molar-refractivity contribution in [3.63, 3.8) is 0 Å². The van der Waals surface area contributed by atoms with Crippen LogP contribution in [0.1, 0.15) is 22.3 Å². The lowest BCUT2D eigenvalue weighted by molar-refractivity contribution is 0.0944. The van der Waals surface area contributed by atoms with Gasteiger partial charge >= 0.3 is 0 Å². The van der Waals surface area contributed by atoms with Gasteiger partial charge in [-0.2, -0.15) is 5.10 Å². The van der Waals surface area contributed by atoms with Crippen molar-refractivity contribution in [2.24, 2.45) is 0 Å². The van der Waals surface area contributed by atoms with Gasteiger partial charge in [-0.15, -0.1) is 0 Å². The molecule has 21 heavy (non-hydrogen) atoms. The zero-order valence-corrected chi connectivity index (χ0v) is 11.8. The first-order chi connectivity index (χ1) is 10.3. The molecule has 0 aliphatic carbocycles. The third-order valence-electron chi connectivity index (χ3n) is 3.38. The molecule has 0 atom stereocenters. The van der Waals surface area contributed by atoms with Crippen LogP contribution in [-0.2, 0) is 13.1 Å². The molecule has 0 unspecified atom stereocenters. The second-order valence-corrected chi connectivity index (χ2v) is 4.82. The Bertz CT molecular complexity index is 651. The summed E-state index contributed by atoms with van der Waals surface area (Å²) in [4.78, 5) is 12.2. The highest BCUT2D eigenvalue weighted by atomic mass is 16.5. The van der Waals surface area contributed by atoms with Crippen molar-refractivity contribution >= 4 is 5.91 Å². The summed E-state index contributed by atoms with van der Waals surface area (Å²) < 4.78 is 12.4. The Kier molecular flexibility index (Phi) is 3.77. The van der Waals surface area contributed by atoms with Crippen molar-refractivity contribution in [1.82, 2.24) is 15.1 Å². The molecule has 1 aromatic heterocycles. The number of benzene rings is 1. The average molecular weight is 287 g/mol. The van der Waals surface area contributed by atoms with Gasteiger partial charge in [-0.25, -0.2) is 4.68 Å². The van der Waals surface area contributed by atoms with E-state index in [1.165, 1.54) is 0 Å². The number of fused-ring (bicyclic) bond motifs is 1. The number of aromatic nitrogens is 2. The van der Waals surface area contributed by atoms with Crippen molar-refractivity contribution in [2.75, 3.05) is 13.7 Å². The fraction of sp³-hybridized carbons (Fsp3) is 0.333. The Morgan fingerprint density at radius 1 is 1.52 bits per heavy atom. The Morgan fingerprint density at radius 2 is 2.43 bits per heavy atom. The molecule has 3 rings (SSSR count). The number of aryl methyl sites for hydroxylation is 1. The molecule has 110 valence electrons. The van der Waals surface area contributed by atoms with E-state index in [-0.39, 0.29) is 5.91 Å². The number of ether oxygens (including phenoxy) is 2. The minimum Gasteiger partial charge on any atom is -0.497 e. The van der Waals surface area contributed by atoms with Gasteiger partial charge in [0, 0.05) is 19.5 Å². The minimum atomic E-state index is -0.180. The standard InChI is InChI=1S/C15H17N3O3/c1-20-12-5-2-4-11(8-12)9-16-14(19)13-10-17-18-6-3-7-21-15(13)18/h2,4-5,8,10H,3,6-7,9H2,1H3,(H,16,19). The topological polar surface area (TPSA) is 65.4 Å². The molecule has 0 saturated heterocycles. The molecule has 6 heteroatoms. The monoisotopic (exact) mass is 287 g/mol. The van der Waals surface area contributed by atoms with Gasteiger partial charge in [0.05, 0.1) is 19.9 Å². The van der Waals surface area contributed by atoms with Gasteiger partial charge in [0.1, 0.15) is 11.3 Å². The van der Waals surface area contributed by atoms with E-state index in [1.807, 2.05) is 24.3 Å². The fourth-order valence-corrected chi connectivity index (χ4v) is 2.28. The first-order valence-corrected chi connectivity index (χ1v) is 6.87. The van der Waals surface area contributed by atoms with Gasteiger partial charge in [-0.05, 0) is 17.7 Å². The quantitative estimate of drug-likeness (QED) is 0.927. The molecule has 1 amide bonds. The molecule has 0 saturated carbocycles. The Hall–Kier alpha value is -2.50. The van der Waals surface area contributed by atoms with Crippen molar-refractivity contribution in [3.05, 3.63) is 41.6 Å². The second-order valence-electron chi connectivity index (χ2n) is 4.82. The zero-order chi connectivity index (χ0) is 14.7. The lowest BCUT2D eigenvalue weighted by Gasteiger charge is -2.15. The number of carbonyl (C=O) groups is 1. The molecule has 1 aromatic carbocycles. The predicted molar refractivity (Wildman–Crippen MR) is 76.5 cm³/mol. The predicted octanol–water partition coefficient (Wildman–Crippen LogP) is 1.60. The van der Waals surface area contributed by atoms with Crippen molar-refractivity contribution in [1.29, 1.82) is 0 Å². The first kappa shape index (κ1) is 13.5. The average Bonchev–Trinajstić information content (AvgIpc) is 2.97. The van der Waals surface area contributed by atoms with E-state index in [9.17, 15) is 4.79 Å². The Balaban J connectivity index is 1.67. The van der Waals surface area contributed by atoms with E-state index in [1.54, 1.807) is 18.0 Å². The molecule has 1 aliphatic rings. The van der Waals surface area contributed by atoms with Crippen molar-refractivity contribution < 1.29 is 14.3 Å². The summed E-state index contributed by atoms with van der Waals surface area (Å²) in [6.07, 6.45) is 2.47. The van der Waals surface area contributed by atoms with Crippen LogP contribution in [-0.4, -0.2) is 29.4 Å². The molecule has 0 fully saturated rings. The highest BCUT2D eigenvalue weighted by Gasteiger charge is 2.21. The summed E-state index contributed by atoms with van der Waals surface area (Å²) in [6, 6.07) is 7.59. The Labute approximate surface area is 122 Å². The number of nitrogens with zero attached hydrogens (tertiary/aromatic N) is 2. The van der Waals surface area contributed by atoms with Gasteiger partial charge in [0.15, 0.2) is 0 Å². The molecule has 2 heterocycles. The maximum Gasteiger partial charge on any atom is 0.258 e. The normalized spacial score (nSPS) is 13.2. The van der Waals surface area contributed by atoms with Crippen LogP contribution < -0.4 is 14.8 Å². The maximum atomic E-state index is 12.2. The Morgan fingerprint density at radius 3 is 3.29 bits per heavy atom. The van der Waals surface area contributed by atoms with E-state index in [0.717, 1.165) is 24.3 Å². The van der Waals surface area contributed by atoms with Crippen LogP contribution in [0.3, 0.4) is 0 Å². The summed E-state index contributed by atoms with van der Waals surface area (Å²) in [5, 5.41) is 7.05. The molecular weight excluding hydrogens is 270 g/mol. The van der Waals surface area contributed by atoms with E-state index in [0.29, 0.717) is 24.6 Å².